The molecule has 2 N–H and O–H groups in total. The SMILES string of the molecule is NC1(F)C=C(F)C=CC1. The number of hydrogen-bond acceptors (Lipinski definition) is 1. The average molecular weight is 131 g/mol. The van der Waals surface area contributed by atoms with Crippen LogP contribution in [0.3, 0.4) is 0 Å². The smallest absolute Gasteiger partial charge is 0.184 e. The van der Waals surface area contributed by atoms with E-state index in [-0.39, 0.29) is 6.42 Å². The van der Waals surface area contributed by atoms with Crippen molar-refractivity contribution in [2.75, 3.05) is 0 Å². The summed E-state index contributed by atoms with van der Waals surface area (Å²) in [6, 6.07) is 0. The molecule has 0 aromatic carbocycles. The lowest BCUT2D eigenvalue weighted by atomic mass is 10.1. The maximum absolute atomic E-state index is 12.5. The summed E-state index contributed by atoms with van der Waals surface area (Å²) in [6.45, 7) is 0. The Kier molecular flexibility index (Phi) is 1.37. The standard InChI is InChI=1S/C6H7F2N/c7-5-2-1-3-6(8,9)4-5/h1-2,4H,3,9H2. The minimum atomic E-state index is -1.97. The van der Waals surface area contributed by atoms with Gasteiger partial charge in [0.05, 0.1) is 0 Å². The quantitative estimate of drug-likeness (QED) is 0.494. The van der Waals surface area contributed by atoms with Gasteiger partial charge < -0.3 is 0 Å². The molecule has 50 valence electrons. The molecule has 9 heavy (non-hydrogen) atoms. The van der Waals surface area contributed by atoms with E-state index >= 15 is 0 Å². The summed E-state index contributed by atoms with van der Waals surface area (Å²) < 4.78 is 24.7. The Morgan fingerprint density at radius 1 is 1.67 bits per heavy atom. The van der Waals surface area contributed by atoms with Gasteiger partial charge in [-0.2, -0.15) is 0 Å². The highest BCUT2D eigenvalue weighted by Crippen LogP contribution is 2.20. The van der Waals surface area contributed by atoms with Crippen LogP contribution in [0.1, 0.15) is 6.42 Å². The fourth-order valence-electron chi connectivity index (χ4n) is 0.688. The summed E-state index contributed by atoms with van der Waals surface area (Å²) in [5.41, 5.74) is 4.93. The third-order valence-corrected chi connectivity index (χ3v) is 1.09. The van der Waals surface area contributed by atoms with E-state index in [1.807, 2.05) is 0 Å². The summed E-state index contributed by atoms with van der Waals surface area (Å²) in [6.07, 6.45) is 3.40. The molecule has 1 atom stereocenters. The van der Waals surface area contributed by atoms with E-state index in [1.54, 1.807) is 0 Å². The third kappa shape index (κ3) is 1.61. The van der Waals surface area contributed by atoms with E-state index in [9.17, 15) is 8.78 Å². The first-order valence-electron chi connectivity index (χ1n) is 2.63. The minimum absolute atomic E-state index is 0.0560. The van der Waals surface area contributed by atoms with Crippen molar-refractivity contribution in [1.29, 1.82) is 0 Å². The molecule has 0 radical (unpaired) electrons. The Labute approximate surface area is 51.8 Å². The third-order valence-electron chi connectivity index (χ3n) is 1.09. The Balaban J connectivity index is 2.78. The molecular weight excluding hydrogens is 124 g/mol. The van der Waals surface area contributed by atoms with Crippen LogP contribution in [0, 0.1) is 0 Å². The molecule has 0 aromatic rings. The van der Waals surface area contributed by atoms with Crippen LogP contribution in [-0.2, 0) is 0 Å². The predicted molar refractivity (Wildman–Crippen MR) is 31.0 cm³/mol. The fraction of sp³-hybridized carbons (Fsp3) is 0.333. The Hall–Kier alpha value is -0.700. The van der Waals surface area contributed by atoms with Crippen LogP contribution < -0.4 is 5.73 Å². The molecule has 1 rings (SSSR count). The van der Waals surface area contributed by atoms with Crippen LogP contribution in [0.5, 0.6) is 0 Å². The largest absolute Gasteiger partial charge is 0.295 e. The van der Waals surface area contributed by atoms with E-state index in [0.717, 1.165) is 6.08 Å². The normalized spacial score (nSPS) is 34.3. The van der Waals surface area contributed by atoms with Crippen molar-refractivity contribution in [1.82, 2.24) is 0 Å². The lowest BCUT2D eigenvalue weighted by Gasteiger charge is -2.15. The van der Waals surface area contributed by atoms with Gasteiger partial charge in [0.1, 0.15) is 5.83 Å². The van der Waals surface area contributed by atoms with Gasteiger partial charge in [0.15, 0.2) is 5.79 Å². The van der Waals surface area contributed by atoms with Gasteiger partial charge in [-0.15, -0.1) is 0 Å². The van der Waals surface area contributed by atoms with Gasteiger partial charge >= 0.3 is 0 Å². The van der Waals surface area contributed by atoms with E-state index < -0.39 is 11.6 Å². The number of rotatable bonds is 0. The highest BCUT2D eigenvalue weighted by atomic mass is 19.2. The van der Waals surface area contributed by atoms with E-state index in [1.165, 1.54) is 12.2 Å². The summed E-state index contributed by atoms with van der Waals surface area (Å²) in [4.78, 5) is 0. The second-order valence-electron chi connectivity index (χ2n) is 2.06. The summed E-state index contributed by atoms with van der Waals surface area (Å²) >= 11 is 0. The molecule has 0 saturated carbocycles. The highest BCUT2D eigenvalue weighted by molar-refractivity contribution is 5.21. The fourth-order valence-corrected chi connectivity index (χ4v) is 0.688. The number of allylic oxidation sites excluding steroid dienone is 2. The van der Waals surface area contributed by atoms with Crippen molar-refractivity contribution in [3.05, 3.63) is 24.1 Å². The van der Waals surface area contributed by atoms with Crippen molar-refractivity contribution < 1.29 is 8.78 Å². The van der Waals surface area contributed by atoms with E-state index in [2.05, 4.69) is 0 Å². The molecule has 3 heteroatoms. The molecule has 1 aliphatic rings. The molecule has 1 aliphatic carbocycles. The lowest BCUT2D eigenvalue weighted by Crippen LogP contribution is -2.32. The zero-order valence-electron chi connectivity index (χ0n) is 4.77. The van der Waals surface area contributed by atoms with Crippen molar-refractivity contribution in [3.63, 3.8) is 0 Å². The van der Waals surface area contributed by atoms with Crippen LogP contribution in [0.25, 0.3) is 0 Å². The van der Waals surface area contributed by atoms with Crippen LogP contribution in [0.4, 0.5) is 8.78 Å². The molecule has 0 amide bonds. The van der Waals surface area contributed by atoms with Gasteiger partial charge in [-0.3, -0.25) is 5.73 Å². The van der Waals surface area contributed by atoms with Crippen molar-refractivity contribution in [2.45, 2.75) is 12.2 Å². The number of hydrogen-bond donors (Lipinski definition) is 1. The second-order valence-corrected chi connectivity index (χ2v) is 2.06. The molecule has 0 saturated heterocycles. The van der Waals surface area contributed by atoms with Crippen molar-refractivity contribution >= 4 is 0 Å². The molecule has 0 fully saturated rings. The maximum atomic E-state index is 12.5. The van der Waals surface area contributed by atoms with E-state index in [0.29, 0.717) is 0 Å². The molecule has 0 bridgehead atoms. The minimum Gasteiger partial charge on any atom is -0.295 e. The van der Waals surface area contributed by atoms with Gasteiger partial charge in [-0.25, -0.2) is 8.78 Å². The average Bonchev–Trinajstić information content (AvgIpc) is 1.60. The summed E-state index contributed by atoms with van der Waals surface area (Å²) in [7, 11) is 0. The van der Waals surface area contributed by atoms with Gasteiger partial charge in [-0.1, -0.05) is 6.08 Å². The summed E-state index contributed by atoms with van der Waals surface area (Å²) in [5.74, 6) is -2.58. The van der Waals surface area contributed by atoms with Crippen molar-refractivity contribution in [3.8, 4) is 0 Å². The highest BCUT2D eigenvalue weighted by Gasteiger charge is 2.21. The summed E-state index contributed by atoms with van der Waals surface area (Å²) in [5, 5.41) is 0. The Morgan fingerprint density at radius 3 is 2.67 bits per heavy atom. The van der Waals surface area contributed by atoms with Crippen LogP contribution in [-0.4, -0.2) is 5.79 Å². The zero-order valence-corrected chi connectivity index (χ0v) is 4.77. The zero-order chi connectivity index (χ0) is 6.91. The molecular formula is C6H7F2N. The maximum Gasteiger partial charge on any atom is 0.184 e. The molecule has 0 aromatic heterocycles. The van der Waals surface area contributed by atoms with Gasteiger partial charge in [0.25, 0.3) is 0 Å². The Bertz CT molecular complexity index is 170. The first-order valence-corrected chi connectivity index (χ1v) is 2.63. The van der Waals surface area contributed by atoms with E-state index in [4.69, 9.17) is 5.73 Å². The van der Waals surface area contributed by atoms with Crippen LogP contribution in [0.2, 0.25) is 0 Å². The molecule has 1 nitrogen and oxygen atoms in total. The first-order chi connectivity index (χ1) is 4.10. The molecule has 1 unspecified atom stereocenters. The molecule has 0 heterocycles. The monoisotopic (exact) mass is 131 g/mol. The van der Waals surface area contributed by atoms with Crippen LogP contribution >= 0.6 is 0 Å². The van der Waals surface area contributed by atoms with Gasteiger partial charge in [0, 0.05) is 12.5 Å². The van der Waals surface area contributed by atoms with Gasteiger partial charge in [0.2, 0.25) is 0 Å². The molecule has 0 spiro atoms. The van der Waals surface area contributed by atoms with Crippen molar-refractivity contribution in [2.24, 2.45) is 5.73 Å². The Morgan fingerprint density at radius 2 is 2.33 bits per heavy atom. The number of alkyl halides is 1. The second kappa shape index (κ2) is 1.92. The first kappa shape index (κ1) is 6.42. The number of halogens is 2. The topological polar surface area (TPSA) is 26.0 Å². The molecule has 0 aliphatic heterocycles. The lowest BCUT2D eigenvalue weighted by molar-refractivity contribution is 0.237. The van der Waals surface area contributed by atoms with Crippen LogP contribution in [0.15, 0.2) is 24.1 Å². The number of nitrogens with two attached hydrogens (primary N) is 1. The van der Waals surface area contributed by atoms with Gasteiger partial charge in [-0.05, 0) is 6.08 Å². The predicted octanol–water partition coefficient (Wildman–Crippen LogP) is 1.42.